The Labute approximate surface area is 116 Å². The predicted octanol–water partition coefficient (Wildman–Crippen LogP) is 2.22. The van der Waals surface area contributed by atoms with Crippen LogP contribution < -0.4 is 10.6 Å². The van der Waals surface area contributed by atoms with Crippen LogP contribution >= 0.6 is 24.8 Å². The van der Waals surface area contributed by atoms with Crippen LogP contribution in [-0.2, 0) is 4.79 Å². The third-order valence-electron chi connectivity index (χ3n) is 2.48. The van der Waals surface area contributed by atoms with Gasteiger partial charge < -0.3 is 10.6 Å². The topological polar surface area (TPSA) is 41.1 Å². The van der Waals surface area contributed by atoms with Gasteiger partial charge in [0.25, 0.3) is 0 Å². The molecule has 0 spiro atoms. The van der Waals surface area contributed by atoms with Crippen molar-refractivity contribution in [3.05, 3.63) is 24.3 Å². The highest BCUT2D eigenvalue weighted by atomic mass is 35.5. The number of carbonyl (C=O) groups is 1. The molecule has 0 saturated heterocycles. The monoisotopic (exact) mass is 280 g/mol. The van der Waals surface area contributed by atoms with E-state index in [0.717, 1.165) is 32.4 Å². The summed E-state index contributed by atoms with van der Waals surface area (Å²) in [6, 6.07) is 0. The zero-order chi connectivity index (χ0) is 10.9. The Morgan fingerprint density at radius 3 is 2.88 bits per heavy atom. The number of carbonyl (C=O) groups excluding carboxylic acids is 1. The van der Waals surface area contributed by atoms with Crippen molar-refractivity contribution >= 4 is 30.7 Å². The Morgan fingerprint density at radius 1 is 1.53 bits per heavy atom. The Bertz CT molecular complexity index is 255. The number of nitrogens with one attached hydrogen (secondary N) is 2. The van der Waals surface area contributed by atoms with Crippen molar-refractivity contribution in [3.63, 3.8) is 0 Å². The molecule has 1 aliphatic heterocycles. The fourth-order valence-corrected chi connectivity index (χ4v) is 1.54. The van der Waals surface area contributed by atoms with Crippen LogP contribution in [0, 0.1) is 0 Å². The van der Waals surface area contributed by atoms with Crippen LogP contribution in [0.15, 0.2) is 24.3 Å². The summed E-state index contributed by atoms with van der Waals surface area (Å²) < 4.78 is 0. The second-order valence-electron chi connectivity index (χ2n) is 3.77. The van der Waals surface area contributed by atoms with E-state index in [9.17, 15) is 4.79 Å². The molecule has 5 heteroatoms. The number of unbranched alkanes of at least 4 members (excludes halogenated alkanes) is 1. The molecule has 0 saturated carbocycles. The van der Waals surface area contributed by atoms with Gasteiger partial charge in [-0.05, 0) is 25.8 Å². The number of hydrogen-bond donors (Lipinski definition) is 2. The third-order valence-corrected chi connectivity index (χ3v) is 2.48. The average molecular weight is 281 g/mol. The average Bonchev–Trinajstić information content (AvgIpc) is 2.28. The van der Waals surface area contributed by atoms with Crippen LogP contribution in [0.3, 0.4) is 0 Å². The van der Waals surface area contributed by atoms with Gasteiger partial charge in [-0.25, -0.2) is 0 Å². The van der Waals surface area contributed by atoms with Gasteiger partial charge in [0.05, 0.1) is 0 Å². The van der Waals surface area contributed by atoms with E-state index in [4.69, 9.17) is 0 Å². The van der Waals surface area contributed by atoms with Crippen LogP contribution in [0.1, 0.15) is 25.7 Å². The SMILES string of the molecule is C=CCCCC(=O)NCC1=CCNCC1.Cl.Cl. The van der Waals surface area contributed by atoms with Crippen LogP contribution in [0.5, 0.6) is 0 Å². The summed E-state index contributed by atoms with van der Waals surface area (Å²) in [5.74, 6) is 0.149. The number of rotatable bonds is 6. The minimum absolute atomic E-state index is 0. The molecule has 0 bridgehead atoms. The summed E-state index contributed by atoms with van der Waals surface area (Å²) in [7, 11) is 0. The summed E-state index contributed by atoms with van der Waals surface area (Å²) in [4.78, 5) is 11.4. The van der Waals surface area contributed by atoms with Crippen molar-refractivity contribution in [1.29, 1.82) is 0 Å². The van der Waals surface area contributed by atoms with Gasteiger partial charge in [-0.15, -0.1) is 31.4 Å². The molecule has 17 heavy (non-hydrogen) atoms. The second kappa shape index (κ2) is 12.0. The molecule has 0 radical (unpaired) electrons. The molecule has 3 nitrogen and oxygen atoms in total. The van der Waals surface area contributed by atoms with Crippen molar-refractivity contribution in [2.75, 3.05) is 19.6 Å². The lowest BCUT2D eigenvalue weighted by atomic mass is 10.1. The molecule has 0 aromatic heterocycles. The molecule has 0 aromatic carbocycles. The molecule has 100 valence electrons. The van der Waals surface area contributed by atoms with E-state index in [2.05, 4.69) is 23.3 Å². The Kier molecular flexibility index (Phi) is 13.3. The van der Waals surface area contributed by atoms with Gasteiger partial charge in [0.1, 0.15) is 0 Å². The highest BCUT2D eigenvalue weighted by Crippen LogP contribution is 2.02. The first-order valence-electron chi connectivity index (χ1n) is 5.59. The Morgan fingerprint density at radius 2 is 2.29 bits per heavy atom. The number of hydrogen-bond acceptors (Lipinski definition) is 2. The van der Waals surface area contributed by atoms with E-state index in [1.807, 2.05) is 6.08 Å². The fourth-order valence-electron chi connectivity index (χ4n) is 1.54. The molecule has 0 unspecified atom stereocenters. The maximum absolute atomic E-state index is 11.4. The first-order chi connectivity index (χ1) is 7.33. The fraction of sp³-hybridized carbons (Fsp3) is 0.583. The maximum Gasteiger partial charge on any atom is 0.220 e. The molecule has 1 heterocycles. The van der Waals surface area contributed by atoms with Gasteiger partial charge in [-0.3, -0.25) is 4.79 Å². The van der Waals surface area contributed by atoms with Gasteiger partial charge in [-0.1, -0.05) is 17.7 Å². The molecule has 1 amide bonds. The molecule has 0 aromatic rings. The van der Waals surface area contributed by atoms with Crippen molar-refractivity contribution in [2.24, 2.45) is 0 Å². The molecule has 2 N–H and O–H groups in total. The first-order valence-corrected chi connectivity index (χ1v) is 5.59. The van der Waals surface area contributed by atoms with E-state index in [-0.39, 0.29) is 30.7 Å². The first kappa shape index (κ1) is 18.8. The van der Waals surface area contributed by atoms with Crippen molar-refractivity contribution in [1.82, 2.24) is 10.6 Å². The molecular weight excluding hydrogens is 259 g/mol. The number of amides is 1. The Hall–Kier alpha value is -0.510. The number of allylic oxidation sites excluding steroid dienone is 1. The van der Waals surface area contributed by atoms with Crippen LogP contribution in [0.4, 0.5) is 0 Å². The lowest BCUT2D eigenvalue weighted by Crippen LogP contribution is -2.29. The van der Waals surface area contributed by atoms with Gasteiger partial charge in [0, 0.05) is 19.5 Å². The summed E-state index contributed by atoms with van der Waals surface area (Å²) in [5.41, 5.74) is 1.34. The quantitative estimate of drug-likeness (QED) is 0.579. The number of halogens is 2. The molecule has 0 fully saturated rings. The van der Waals surface area contributed by atoms with Gasteiger partial charge >= 0.3 is 0 Å². The zero-order valence-corrected chi connectivity index (χ0v) is 11.7. The molecular formula is C12H22Cl2N2O. The third kappa shape index (κ3) is 9.22. The Balaban J connectivity index is 0. The summed E-state index contributed by atoms with van der Waals surface area (Å²) >= 11 is 0. The van der Waals surface area contributed by atoms with Gasteiger partial charge in [0.15, 0.2) is 0 Å². The van der Waals surface area contributed by atoms with Crippen LogP contribution in [-0.4, -0.2) is 25.5 Å². The molecule has 1 rings (SSSR count). The van der Waals surface area contributed by atoms with E-state index >= 15 is 0 Å². The van der Waals surface area contributed by atoms with Crippen molar-refractivity contribution in [2.45, 2.75) is 25.7 Å². The molecule has 0 atom stereocenters. The van der Waals surface area contributed by atoms with Crippen molar-refractivity contribution < 1.29 is 4.79 Å². The normalized spacial score (nSPS) is 13.8. The minimum Gasteiger partial charge on any atom is -0.352 e. The molecule has 0 aliphatic carbocycles. The summed E-state index contributed by atoms with van der Waals surface area (Å²) in [6.07, 6.45) is 7.48. The van der Waals surface area contributed by atoms with E-state index in [1.165, 1.54) is 5.57 Å². The van der Waals surface area contributed by atoms with E-state index < -0.39 is 0 Å². The standard InChI is InChI=1S/C12H20N2O.2ClH/c1-2-3-4-5-12(15)14-10-11-6-8-13-9-7-11;;/h2,6,13H,1,3-5,7-10H2,(H,14,15);2*1H. The summed E-state index contributed by atoms with van der Waals surface area (Å²) in [6.45, 7) is 6.30. The maximum atomic E-state index is 11.4. The highest BCUT2D eigenvalue weighted by Gasteiger charge is 2.04. The van der Waals surface area contributed by atoms with E-state index in [1.54, 1.807) is 0 Å². The highest BCUT2D eigenvalue weighted by molar-refractivity contribution is 5.85. The molecule has 1 aliphatic rings. The van der Waals surface area contributed by atoms with Gasteiger partial charge in [-0.2, -0.15) is 0 Å². The minimum atomic E-state index is 0. The summed E-state index contributed by atoms with van der Waals surface area (Å²) in [5, 5.41) is 6.19. The smallest absolute Gasteiger partial charge is 0.220 e. The van der Waals surface area contributed by atoms with Crippen molar-refractivity contribution in [3.8, 4) is 0 Å². The van der Waals surface area contributed by atoms with Gasteiger partial charge in [0.2, 0.25) is 5.91 Å². The zero-order valence-electron chi connectivity index (χ0n) is 10.0. The second-order valence-corrected chi connectivity index (χ2v) is 3.77. The van der Waals surface area contributed by atoms with Crippen LogP contribution in [0.25, 0.3) is 0 Å². The predicted molar refractivity (Wildman–Crippen MR) is 77.1 cm³/mol. The largest absolute Gasteiger partial charge is 0.352 e. The van der Waals surface area contributed by atoms with Crippen LogP contribution in [0.2, 0.25) is 0 Å². The lowest BCUT2D eigenvalue weighted by molar-refractivity contribution is -0.121. The van der Waals surface area contributed by atoms with E-state index in [0.29, 0.717) is 13.0 Å². The lowest BCUT2D eigenvalue weighted by Gasteiger charge is -2.14.